The number of methoxy groups -OCH3 is 2. The van der Waals surface area contributed by atoms with Gasteiger partial charge in [0.2, 0.25) is 0 Å². The summed E-state index contributed by atoms with van der Waals surface area (Å²) in [5.41, 5.74) is 2.64. The summed E-state index contributed by atoms with van der Waals surface area (Å²) in [5.74, 6) is 1.94. The van der Waals surface area contributed by atoms with E-state index in [1.165, 1.54) is 12.1 Å². The summed E-state index contributed by atoms with van der Waals surface area (Å²) < 4.78 is 24.1. The number of halogens is 1. The van der Waals surface area contributed by atoms with E-state index < -0.39 is 0 Å². The third-order valence-electron chi connectivity index (χ3n) is 4.10. The van der Waals surface area contributed by atoms with Crippen LogP contribution in [0, 0.1) is 5.82 Å². The van der Waals surface area contributed by atoms with Crippen molar-refractivity contribution in [2.24, 2.45) is 0 Å². The predicted octanol–water partition coefficient (Wildman–Crippen LogP) is 4.50. The number of benzene rings is 2. The third-order valence-corrected chi connectivity index (χ3v) is 4.10. The van der Waals surface area contributed by atoms with Gasteiger partial charge < -0.3 is 14.8 Å². The molecule has 2 aliphatic rings. The zero-order chi connectivity index (χ0) is 16.7. The van der Waals surface area contributed by atoms with Gasteiger partial charge in [-0.05, 0) is 41.8 Å². The monoisotopic (exact) mass is 325 g/mol. The van der Waals surface area contributed by atoms with Crippen LogP contribution in [-0.4, -0.2) is 24.4 Å². The van der Waals surface area contributed by atoms with Crippen LogP contribution in [0.3, 0.4) is 0 Å². The first-order valence-electron chi connectivity index (χ1n) is 7.47. The van der Waals surface area contributed by atoms with Crippen molar-refractivity contribution in [1.82, 2.24) is 10.2 Å². The number of fused-ring (bicyclic) bond motifs is 3. The standard InChI is InChI=1S/C18H16FN3O2/c1-23-12-4-6-16(24-2)15(9-12)20-18-14-8-10-7-11(19)3-5-13(10)17(14)21-22-18/h3-9,20-22H,1-2H3. The van der Waals surface area contributed by atoms with Crippen LogP contribution in [0.5, 0.6) is 11.5 Å². The van der Waals surface area contributed by atoms with Crippen molar-refractivity contribution in [3.05, 3.63) is 48.3 Å². The van der Waals surface area contributed by atoms with Crippen LogP contribution >= 0.6 is 0 Å². The zero-order valence-electron chi connectivity index (χ0n) is 13.2. The first-order chi connectivity index (χ1) is 11.7. The summed E-state index contributed by atoms with van der Waals surface area (Å²) >= 11 is 0. The maximum Gasteiger partial charge on any atom is 0.142 e. The molecule has 2 aromatic rings. The molecule has 0 saturated heterocycles. The van der Waals surface area contributed by atoms with Crippen molar-refractivity contribution in [3.8, 4) is 22.8 Å². The van der Waals surface area contributed by atoms with Gasteiger partial charge in [-0.25, -0.2) is 4.39 Å². The fraction of sp³-hybridized carbons (Fsp3) is 0.111. The van der Waals surface area contributed by atoms with E-state index in [-0.39, 0.29) is 5.82 Å². The molecule has 0 unspecified atom stereocenters. The number of rotatable bonds is 4. The highest BCUT2D eigenvalue weighted by molar-refractivity contribution is 6.04. The lowest BCUT2D eigenvalue weighted by atomic mass is 10.2. The van der Waals surface area contributed by atoms with Crippen molar-refractivity contribution in [2.75, 3.05) is 19.5 Å². The second kappa shape index (κ2) is 5.49. The lowest BCUT2D eigenvalue weighted by molar-refractivity contribution is 0.405. The molecule has 0 saturated carbocycles. The van der Waals surface area contributed by atoms with E-state index in [0.29, 0.717) is 5.75 Å². The lowest BCUT2D eigenvalue weighted by Crippen LogP contribution is -1.96. The average Bonchev–Trinajstić information content (AvgIpc) is 3.14. The molecule has 1 aliphatic heterocycles. The number of anilines is 2. The Labute approximate surface area is 137 Å². The molecule has 4 rings (SSSR count). The smallest absolute Gasteiger partial charge is 0.142 e. The molecule has 5 nitrogen and oxygen atoms in total. The Kier molecular flexibility index (Phi) is 3.30. The molecule has 6 heteroatoms. The van der Waals surface area contributed by atoms with Crippen LogP contribution in [0.25, 0.3) is 22.0 Å². The summed E-state index contributed by atoms with van der Waals surface area (Å²) in [7, 11) is 3.23. The van der Waals surface area contributed by atoms with Crippen LogP contribution in [0.1, 0.15) is 0 Å². The third kappa shape index (κ3) is 2.23. The van der Waals surface area contributed by atoms with Gasteiger partial charge in [0.1, 0.15) is 23.1 Å². The summed E-state index contributed by atoms with van der Waals surface area (Å²) in [5, 5.41) is 11.4. The van der Waals surface area contributed by atoms with Crippen molar-refractivity contribution < 1.29 is 13.9 Å². The topological polar surface area (TPSA) is 62.1 Å². The molecule has 0 atom stereocenters. The van der Waals surface area contributed by atoms with Gasteiger partial charge >= 0.3 is 0 Å². The predicted molar refractivity (Wildman–Crippen MR) is 92.1 cm³/mol. The summed E-state index contributed by atoms with van der Waals surface area (Å²) in [6.07, 6.45) is 0. The highest BCUT2D eigenvalue weighted by Crippen LogP contribution is 2.40. The average molecular weight is 325 g/mol. The van der Waals surface area contributed by atoms with Crippen LogP contribution in [-0.2, 0) is 0 Å². The van der Waals surface area contributed by atoms with Gasteiger partial charge in [-0.1, -0.05) is 0 Å². The number of hydrogen-bond donors (Lipinski definition) is 3. The molecule has 3 N–H and O–H groups in total. The van der Waals surface area contributed by atoms with Gasteiger partial charge in [-0.15, -0.1) is 0 Å². The van der Waals surface area contributed by atoms with E-state index >= 15 is 0 Å². The fourth-order valence-electron chi connectivity index (χ4n) is 2.92. The Balaban J connectivity index is 1.78. The van der Waals surface area contributed by atoms with E-state index in [1.807, 2.05) is 24.3 Å². The molecule has 0 aromatic heterocycles. The fourth-order valence-corrected chi connectivity index (χ4v) is 2.92. The number of aromatic nitrogens is 2. The highest BCUT2D eigenvalue weighted by atomic mass is 19.1. The molecule has 2 aromatic carbocycles. The van der Waals surface area contributed by atoms with Crippen LogP contribution in [0.2, 0.25) is 0 Å². The quantitative estimate of drug-likeness (QED) is 0.518. The zero-order valence-corrected chi connectivity index (χ0v) is 13.2. The molecular weight excluding hydrogens is 309 g/mol. The Morgan fingerprint density at radius 2 is 1.83 bits per heavy atom. The number of hydrogen-bond acceptors (Lipinski definition) is 3. The molecule has 0 amide bonds. The van der Waals surface area contributed by atoms with Gasteiger partial charge in [0.05, 0.1) is 25.6 Å². The van der Waals surface area contributed by atoms with E-state index in [9.17, 15) is 4.39 Å². The second-order valence-electron chi connectivity index (χ2n) is 5.48. The first-order valence-corrected chi connectivity index (χ1v) is 7.47. The van der Waals surface area contributed by atoms with Crippen molar-refractivity contribution in [1.29, 1.82) is 0 Å². The molecular formula is C18H16FN3O2. The van der Waals surface area contributed by atoms with E-state index in [2.05, 4.69) is 15.5 Å². The summed E-state index contributed by atoms with van der Waals surface area (Å²) in [4.78, 5) is 0. The van der Waals surface area contributed by atoms with E-state index in [1.54, 1.807) is 20.3 Å². The van der Waals surface area contributed by atoms with Crippen molar-refractivity contribution in [3.63, 3.8) is 0 Å². The maximum atomic E-state index is 13.4. The second-order valence-corrected chi connectivity index (χ2v) is 5.48. The van der Waals surface area contributed by atoms with Crippen molar-refractivity contribution >= 4 is 22.3 Å². The molecule has 0 spiro atoms. The van der Waals surface area contributed by atoms with Crippen LogP contribution in [0.4, 0.5) is 15.9 Å². The normalized spacial score (nSPS) is 11.1. The van der Waals surface area contributed by atoms with Gasteiger partial charge in [-0.2, -0.15) is 0 Å². The minimum Gasteiger partial charge on any atom is -0.497 e. The molecule has 1 heterocycles. The molecule has 122 valence electrons. The van der Waals surface area contributed by atoms with Crippen LogP contribution in [0.15, 0.2) is 42.5 Å². The molecule has 0 fully saturated rings. The highest BCUT2D eigenvalue weighted by Gasteiger charge is 2.18. The van der Waals surface area contributed by atoms with Crippen molar-refractivity contribution in [2.45, 2.75) is 0 Å². The first kappa shape index (κ1) is 14.4. The van der Waals surface area contributed by atoms with Gasteiger partial charge in [0, 0.05) is 17.0 Å². The molecule has 0 bridgehead atoms. The Morgan fingerprint density at radius 1 is 0.958 bits per heavy atom. The molecule has 24 heavy (non-hydrogen) atoms. The summed E-state index contributed by atoms with van der Waals surface area (Å²) in [6.45, 7) is 0. The Hall–Kier alpha value is -3.15. The molecule has 0 radical (unpaired) electrons. The minimum atomic E-state index is -0.247. The van der Waals surface area contributed by atoms with E-state index in [4.69, 9.17) is 9.47 Å². The number of aromatic amines is 2. The maximum absolute atomic E-state index is 13.4. The molecule has 1 aliphatic carbocycles. The van der Waals surface area contributed by atoms with E-state index in [0.717, 1.165) is 39.3 Å². The van der Waals surface area contributed by atoms with Gasteiger partial charge in [0.15, 0.2) is 0 Å². The van der Waals surface area contributed by atoms with Gasteiger partial charge in [-0.3, -0.25) is 10.2 Å². The SMILES string of the molecule is COc1ccc(OC)c(Nc2[nH][nH]c3c4ccc(F)cc4cc2-3)c1. The lowest BCUT2D eigenvalue weighted by Gasteiger charge is -2.11. The van der Waals surface area contributed by atoms with Crippen LogP contribution < -0.4 is 14.8 Å². The number of nitrogens with one attached hydrogen (secondary N) is 3. The Bertz CT molecular complexity index is 989. The Morgan fingerprint density at radius 3 is 2.62 bits per heavy atom. The largest absolute Gasteiger partial charge is 0.497 e. The number of H-pyrrole nitrogens is 2. The van der Waals surface area contributed by atoms with Gasteiger partial charge in [0.25, 0.3) is 0 Å². The number of ether oxygens (including phenoxy) is 2. The summed E-state index contributed by atoms with van der Waals surface area (Å²) in [6, 6.07) is 12.2. The minimum absolute atomic E-state index is 0.247.